The Balaban J connectivity index is 1.12. The number of esters is 1. The summed E-state index contributed by atoms with van der Waals surface area (Å²) in [4.78, 5) is 53.1. The van der Waals surface area contributed by atoms with Crippen LogP contribution in [0.3, 0.4) is 0 Å². The van der Waals surface area contributed by atoms with Crippen molar-refractivity contribution in [3.8, 4) is 0 Å². The third-order valence-corrected chi connectivity index (χ3v) is 19.7. The van der Waals surface area contributed by atoms with Crippen LogP contribution in [0.4, 0.5) is 0 Å². The summed E-state index contributed by atoms with van der Waals surface area (Å²) in [7, 11) is 0. The van der Waals surface area contributed by atoms with Crippen LogP contribution in [0.2, 0.25) is 0 Å². The van der Waals surface area contributed by atoms with Crippen molar-refractivity contribution in [1.29, 1.82) is 0 Å². The van der Waals surface area contributed by atoms with Gasteiger partial charge >= 0.3 is 23.9 Å². The molecular formula is C51H78O22. The number of carboxylic acids is 3. The first-order chi connectivity index (χ1) is 33.8. The molecule has 8 rings (SSSR count). The summed E-state index contributed by atoms with van der Waals surface area (Å²) in [6.45, 7) is 14.2. The number of hydrogen-bond acceptors (Lipinski definition) is 19. The molecule has 0 bridgehead atoms. The number of aliphatic hydroxyl groups excluding tert-OH is 7. The largest absolute Gasteiger partial charge is 0.481 e. The van der Waals surface area contributed by atoms with Crippen LogP contribution in [0, 0.1) is 50.2 Å². The van der Waals surface area contributed by atoms with Crippen molar-refractivity contribution in [2.45, 2.75) is 217 Å². The Hall–Kier alpha value is -2.94. The number of hydrogen-bond donors (Lipinski definition) is 11. The molecule has 22 heteroatoms. The second kappa shape index (κ2) is 19.5. The average Bonchev–Trinajstić information content (AvgIpc) is 3.28. The van der Waals surface area contributed by atoms with E-state index in [0.29, 0.717) is 32.1 Å². The average molecular weight is 1040 g/mol. The molecule has 22 nitrogen and oxygen atoms in total. The standard InChI is InChI=1S/C51H78O22/c1-45(2,66)19-30(54)69-29-18-50(8)22(23-17-47(5,43(62)63)15-16-51(23,29)44(64)65)9-10-27-48(6)13-12-28(46(3,4)26(48)11-14-49(27,50)7)70-42-38(73-41-34(58)32(56)25(53)21-68-41)36(35(59)37(72-42)39(60)61)71-40-33(57)31(55)24(52)20-67-40/h9,23-29,31-38,40-42,52-53,55-59,66H,10-21H2,1-8H3,(H,60,61)(H,62,63)(H,64,65)/t23-,24-,25+,26-,27+,28-,29+,31-,32-,33+,34+,35-,36-,37-,38+,40-,41-,42+,47-,48-,49+,50+,51+/m0/s1. The third kappa shape index (κ3) is 9.27. The zero-order valence-corrected chi connectivity index (χ0v) is 42.9. The molecule has 414 valence electrons. The number of rotatable bonds is 12. The van der Waals surface area contributed by atoms with Crippen molar-refractivity contribution in [2.75, 3.05) is 13.2 Å². The van der Waals surface area contributed by atoms with Gasteiger partial charge in [0.05, 0.1) is 36.8 Å². The predicted octanol–water partition coefficient (Wildman–Crippen LogP) is 0.824. The summed E-state index contributed by atoms with van der Waals surface area (Å²) in [5.74, 6) is -5.51. The van der Waals surface area contributed by atoms with Gasteiger partial charge in [-0.2, -0.15) is 0 Å². The molecule has 3 aliphatic heterocycles. The second-order valence-electron chi connectivity index (χ2n) is 24.9. The monoisotopic (exact) mass is 1040 g/mol. The Morgan fingerprint density at radius 1 is 0.671 bits per heavy atom. The van der Waals surface area contributed by atoms with Gasteiger partial charge in [0, 0.05) is 5.92 Å². The summed E-state index contributed by atoms with van der Waals surface area (Å²) < 4.78 is 42.4. The van der Waals surface area contributed by atoms with E-state index in [1.165, 1.54) is 13.8 Å². The lowest BCUT2D eigenvalue weighted by molar-refractivity contribution is -0.386. The Morgan fingerprint density at radius 3 is 1.81 bits per heavy atom. The molecule has 5 aliphatic carbocycles. The molecule has 0 amide bonds. The van der Waals surface area contributed by atoms with Gasteiger partial charge < -0.3 is 89.3 Å². The molecule has 0 unspecified atom stereocenters. The Labute approximate surface area is 423 Å². The molecule has 23 atom stereocenters. The van der Waals surface area contributed by atoms with Gasteiger partial charge in [0.1, 0.15) is 66.5 Å². The molecule has 7 fully saturated rings. The molecule has 0 spiro atoms. The van der Waals surface area contributed by atoms with E-state index in [1.54, 1.807) is 6.92 Å². The van der Waals surface area contributed by atoms with Crippen molar-refractivity contribution in [3.05, 3.63) is 11.6 Å². The lowest BCUT2D eigenvalue weighted by Crippen LogP contribution is -2.69. The van der Waals surface area contributed by atoms with Gasteiger partial charge in [0.15, 0.2) is 25.0 Å². The number of aliphatic carboxylic acids is 3. The van der Waals surface area contributed by atoms with Crippen LogP contribution in [0.5, 0.6) is 0 Å². The first-order valence-electron chi connectivity index (χ1n) is 25.7. The van der Waals surface area contributed by atoms with Crippen molar-refractivity contribution in [2.24, 2.45) is 50.2 Å². The van der Waals surface area contributed by atoms with Crippen molar-refractivity contribution >= 4 is 23.9 Å². The molecular weight excluding hydrogens is 965 g/mol. The quantitative estimate of drug-likeness (QED) is 0.0732. The molecule has 3 heterocycles. The van der Waals surface area contributed by atoms with Gasteiger partial charge in [-0.1, -0.05) is 46.3 Å². The van der Waals surface area contributed by atoms with Gasteiger partial charge in [0.25, 0.3) is 0 Å². The van der Waals surface area contributed by atoms with Gasteiger partial charge in [-0.05, 0) is 112 Å². The zero-order valence-electron chi connectivity index (χ0n) is 42.9. The van der Waals surface area contributed by atoms with E-state index in [9.17, 15) is 75.3 Å². The molecule has 3 saturated heterocycles. The number of carboxylic acid groups (broad SMARTS) is 3. The summed E-state index contributed by atoms with van der Waals surface area (Å²) >= 11 is 0. The SMILES string of the molecule is CC(C)(O)CC(=O)O[C@@H]1C[C@]2(C)C(=CC[C@@H]3[C@@]4(C)CC[C@H](O[C@@H]5O[C@H](C(=O)O)[C@@H](O)[C@H](O[C@@H]6OC[C@H](O)[C@H](O)[C@H]6O)[C@H]5O[C@@H]5OC[C@@H](O)[C@H](O)[C@H]5O)C(C)(C)[C@@H]4CC[C@]32C)[C@@H]2C[C@@](C)(C(=O)O)CC[C@]12C(=O)O. The molecule has 8 aliphatic rings. The lowest BCUT2D eigenvalue weighted by atomic mass is 9.33. The smallest absolute Gasteiger partial charge is 0.335 e. The van der Waals surface area contributed by atoms with Crippen LogP contribution in [0.25, 0.3) is 0 Å². The van der Waals surface area contributed by atoms with Gasteiger partial charge in [-0.3, -0.25) is 14.4 Å². The Kier molecular flexibility index (Phi) is 15.0. The number of carbonyl (C=O) groups is 4. The highest BCUT2D eigenvalue weighted by Gasteiger charge is 2.73. The van der Waals surface area contributed by atoms with E-state index in [4.69, 9.17) is 33.2 Å². The molecule has 4 saturated carbocycles. The van der Waals surface area contributed by atoms with E-state index in [0.717, 1.165) is 5.57 Å². The summed E-state index contributed by atoms with van der Waals surface area (Å²) in [6.07, 6.45) is -20.3. The van der Waals surface area contributed by atoms with Gasteiger partial charge in [0.2, 0.25) is 0 Å². The van der Waals surface area contributed by atoms with E-state index in [2.05, 4.69) is 26.8 Å². The van der Waals surface area contributed by atoms with Crippen molar-refractivity contribution < 1.29 is 109 Å². The number of aliphatic hydroxyl groups is 8. The van der Waals surface area contributed by atoms with Crippen LogP contribution >= 0.6 is 0 Å². The highest BCUT2D eigenvalue weighted by molar-refractivity contribution is 5.81. The van der Waals surface area contributed by atoms with Crippen molar-refractivity contribution in [3.63, 3.8) is 0 Å². The highest BCUT2D eigenvalue weighted by atomic mass is 16.8. The molecule has 0 aromatic rings. The fraction of sp³-hybridized carbons (Fsp3) is 0.882. The van der Waals surface area contributed by atoms with E-state index < -0.39 is 173 Å². The summed E-state index contributed by atoms with van der Waals surface area (Å²) in [5, 5.41) is 118. The van der Waals surface area contributed by atoms with E-state index in [1.807, 2.05) is 13.8 Å². The number of carbonyl (C=O) groups excluding carboxylic acids is 1. The normalized spacial score (nSPS) is 49.7. The second-order valence-corrected chi connectivity index (χ2v) is 24.9. The minimum atomic E-state index is -2.07. The van der Waals surface area contributed by atoms with Crippen LogP contribution in [-0.4, -0.2) is 191 Å². The molecule has 73 heavy (non-hydrogen) atoms. The minimum Gasteiger partial charge on any atom is -0.481 e. The maximum Gasteiger partial charge on any atom is 0.335 e. The van der Waals surface area contributed by atoms with Crippen LogP contribution in [0.1, 0.15) is 120 Å². The summed E-state index contributed by atoms with van der Waals surface area (Å²) in [6, 6.07) is 0. The Bertz CT molecular complexity index is 2150. The van der Waals surface area contributed by atoms with Crippen LogP contribution < -0.4 is 0 Å². The summed E-state index contributed by atoms with van der Waals surface area (Å²) in [5.41, 5.74) is -5.96. The third-order valence-electron chi connectivity index (χ3n) is 19.7. The Morgan fingerprint density at radius 2 is 1.26 bits per heavy atom. The number of fused-ring (bicyclic) bond motifs is 7. The highest BCUT2D eigenvalue weighted by Crippen LogP contribution is 2.76. The maximum absolute atomic E-state index is 13.8. The minimum absolute atomic E-state index is 0.0234. The van der Waals surface area contributed by atoms with Crippen LogP contribution in [-0.2, 0) is 52.3 Å². The lowest BCUT2D eigenvalue weighted by Gasteiger charge is -2.71. The fourth-order valence-corrected chi connectivity index (χ4v) is 15.4. The van der Waals surface area contributed by atoms with Crippen molar-refractivity contribution in [1.82, 2.24) is 0 Å². The first kappa shape index (κ1) is 56.3. The molecule has 0 aromatic heterocycles. The fourth-order valence-electron chi connectivity index (χ4n) is 15.4. The van der Waals surface area contributed by atoms with E-state index >= 15 is 0 Å². The number of ether oxygens (including phenoxy) is 7. The van der Waals surface area contributed by atoms with E-state index in [-0.39, 0.29) is 43.9 Å². The first-order valence-corrected chi connectivity index (χ1v) is 25.7. The molecule has 0 radical (unpaired) electrons. The zero-order chi connectivity index (χ0) is 53.9. The maximum atomic E-state index is 13.8. The number of allylic oxidation sites excluding steroid dienone is 2. The van der Waals surface area contributed by atoms with Gasteiger partial charge in [-0.15, -0.1) is 0 Å². The van der Waals surface area contributed by atoms with Gasteiger partial charge in [-0.25, -0.2) is 4.79 Å². The van der Waals surface area contributed by atoms with Crippen LogP contribution in [0.15, 0.2) is 11.6 Å². The molecule has 11 N–H and O–H groups in total. The predicted molar refractivity (Wildman–Crippen MR) is 247 cm³/mol. The molecule has 0 aromatic carbocycles. The topological polar surface area (TPSA) is 355 Å².